The number of aryl methyl sites for hydroxylation is 1. The number of ether oxygens (including phenoxy) is 1. The smallest absolute Gasteiger partial charge is 0.331 e. The number of fused-ring (bicyclic) bond motifs is 3. The summed E-state index contributed by atoms with van der Waals surface area (Å²) in [6.07, 6.45) is 12.2. The molecule has 178 valence electrons. The van der Waals surface area contributed by atoms with E-state index in [1.54, 1.807) is 19.2 Å². The molecule has 6 heteroatoms. The van der Waals surface area contributed by atoms with Crippen molar-refractivity contribution in [3.05, 3.63) is 130 Å². The summed E-state index contributed by atoms with van der Waals surface area (Å²) in [5.74, 6) is 0.651. The molecule has 0 saturated heterocycles. The zero-order valence-corrected chi connectivity index (χ0v) is 20.5. The molecule has 0 saturated carbocycles. The predicted octanol–water partition coefficient (Wildman–Crippen LogP) is 5.23. The number of aromatic nitrogens is 3. The lowest BCUT2D eigenvalue weighted by Crippen LogP contribution is -2.37. The lowest BCUT2D eigenvalue weighted by Gasteiger charge is -2.30. The number of allylic oxidation sites excluding steroid dienone is 9. The van der Waals surface area contributed by atoms with E-state index in [1.807, 2.05) is 74.6 Å². The van der Waals surface area contributed by atoms with Crippen molar-refractivity contribution in [3.8, 4) is 0 Å². The zero-order chi connectivity index (χ0) is 25.3. The van der Waals surface area contributed by atoms with Crippen LogP contribution in [0.5, 0.6) is 0 Å². The molecular formula is C29H29N3O3. The molecule has 0 aliphatic carbocycles. The zero-order valence-electron chi connectivity index (χ0n) is 20.5. The van der Waals surface area contributed by atoms with Gasteiger partial charge >= 0.3 is 5.69 Å². The molecule has 0 radical (unpaired) electrons. The second-order valence-corrected chi connectivity index (χ2v) is 8.29. The summed E-state index contributed by atoms with van der Waals surface area (Å²) in [6, 6.07) is 9.80. The SMILES string of the molecule is C=C/C=C\C1=C(C)n2c(C(/C=C\C=C)=C/C)c3c(=O)n(C)c(=O)n(C)c3c2C(c2ccccc2)O1. The van der Waals surface area contributed by atoms with Crippen molar-refractivity contribution in [2.24, 2.45) is 14.1 Å². The van der Waals surface area contributed by atoms with Crippen molar-refractivity contribution in [1.29, 1.82) is 0 Å². The molecule has 1 unspecified atom stereocenters. The number of hydrogen-bond acceptors (Lipinski definition) is 3. The van der Waals surface area contributed by atoms with Crippen LogP contribution in [0.2, 0.25) is 0 Å². The molecule has 3 aromatic rings. The number of rotatable bonds is 6. The van der Waals surface area contributed by atoms with Crippen LogP contribution in [-0.2, 0) is 18.8 Å². The molecule has 0 amide bonds. The molecular weight excluding hydrogens is 438 g/mol. The standard InChI is InChI=1S/C29H29N3O3/c1-7-10-15-20(9-3)24-23-25(30(5)29(34)31(6)28(23)33)26-27(21-16-13-12-14-17-21)35-22(18-11-8-2)19(4)32(24)26/h7-18,27H,1-2H2,3-6H3/b15-10-,18-11-,20-9+. The monoisotopic (exact) mass is 467 g/mol. The quantitative estimate of drug-likeness (QED) is 0.466. The minimum Gasteiger partial charge on any atom is -0.478 e. The van der Waals surface area contributed by atoms with Gasteiger partial charge < -0.3 is 9.30 Å². The molecule has 2 aromatic heterocycles. The van der Waals surface area contributed by atoms with Crippen molar-refractivity contribution in [2.75, 3.05) is 0 Å². The van der Waals surface area contributed by atoms with Crippen LogP contribution >= 0.6 is 0 Å². The minimum atomic E-state index is -0.542. The van der Waals surface area contributed by atoms with Gasteiger partial charge in [0.05, 0.1) is 28.0 Å². The fraction of sp³-hybridized carbons (Fsp3) is 0.172. The summed E-state index contributed by atoms with van der Waals surface area (Å²) < 4.78 is 11.3. The predicted molar refractivity (Wildman–Crippen MR) is 143 cm³/mol. The molecule has 1 aliphatic rings. The van der Waals surface area contributed by atoms with Crippen LogP contribution in [0.25, 0.3) is 22.2 Å². The van der Waals surface area contributed by atoms with Crippen molar-refractivity contribution in [3.63, 3.8) is 0 Å². The molecule has 0 fully saturated rings. The summed E-state index contributed by atoms with van der Waals surface area (Å²) in [5, 5.41) is 0.462. The van der Waals surface area contributed by atoms with Crippen LogP contribution in [0, 0.1) is 0 Å². The van der Waals surface area contributed by atoms with E-state index in [0.717, 1.165) is 27.1 Å². The second-order valence-electron chi connectivity index (χ2n) is 8.29. The van der Waals surface area contributed by atoms with Gasteiger partial charge in [0.2, 0.25) is 0 Å². The fourth-order valence-electron chi connectivity index (χ4n) is 4.59. The molecule has 0 bridgehead atoms. The Morgan fingerprint density at radius 3 is 2.34 bits per heavy atom. The Bertz CT molecular complexity index is 1570. The van der Waals surface area contributed by atoms with Gasteiger partial charge in [-0.2, -0.15) is 0 Å². The first-order valence-electron chi connectivity index (χ1n) is 11.4. The van der Waals surface area contributed by atoms with Gasteiger partial charge in [-0.15, -0.1) is 0 Å². The number of hydrogen-bond donors (Lipinski definition) is 0. The highest BCUT2D eigenvalue weighted by Crippen LogP contribution is 2.44. The van der Waals surface area contributed by atoms with Gasteiger partial charge in [0.15, 0.2) is 6.10 Å². The third-order valence-corrected chi connectivity index (χ3v) is 6.28. The van der Waals surface area contributed by atoms with Gasteiger partial charge in [-0.3, -0.25) is 13.9 Å². The van der Waals surface area contributed by atoms with Crippen molar-refractivity contribution in [2.45, 2.75) is 20.0 Å². The highest BCUT2D eigenvalue weighted by Gasteiger charge is 2.35. The highest BCUT2D eigenvalue weighted by molar-refractivity contribution is 5.98. The molecule has 1 atom stereocenters. The van der Waals surface area contributed by atoms with E-state index in [-0.39, 0.29) is 5.56 Å². The maximum atomic E-state index is 13.6. The van der Waals surface area contributed by atoms with Crippen LogP contribution in [0.4, 0.5) is 0 Å². The van der Waals surface area contributed by atoms with E-state index in [2.05, 4.69) is 17.7 Å². The normalized spacial score (nSPS) is 16.2. The first kappa shape index (κ1) is 23.8. The molecule has 3 heterocycles. The van der Waals surface area contributed by atoms with Gasteiger partial charge in [-0.1, -0.05) is 79.9 Å². The Kier molecular flexibility index (Phi) is 6.47. The van der Waals surface area contributed by atoms with E-state index in [1.165, 1.54) is 11.6 Å². The first-order chi connectivity index (χ1) is 16.9. The summed E-state index contributed by atoms with van der Waals surface area (Å²) in [5.41, 5.74) is 3.80. The molecule has 6 nitrogen and oxygen atoms in total. The van der Waals surface area contributed by atoms with Crippen LogP contribution in [0.3, 0.4) is 0 Å². The topological polar surface area (TPSA) is 58.2 Å². The number of benzene rings is 1. The van der Waals surface area contributed by atoms with Gasteiger partial charge in [0.1, 0.15) is 5.76 Å². The van der Waals surface area contributed by atoms with Crippen LogP contribution in [-0.4, -0.2) is 13.7 Å². The van der Waals surface area contributed by atoms with Crippen LogP contribution in [0.15, 0.2) is 101 Å². The lowest BCUT2D eigenvalue weighted by molar-refractivity contribution is 0.147. The average molecular weight is 468 g/mol. The van der Waals surface area contributed by atoms with Gasteiger partial charge in [-0.05, 0) is 31.1 Å². The van der Waals surface area contributed by atoms with Gasteiger partial charge in [-0.25, -0.2) is 4.79 Å². The van der Waals surface area contributed by atoms with E-state index in [0.29, 0.717) is 22.4 Å². The van der Waals surface area contributed by atoms with Crippen molar-refractivity contribution < 1.29 is 4.74 Å². The van der Waals surface area contributed by atoms with Crippen molar-refractivity contribution in [1.82, 2.24) is 13.7 Å². The van der Waals surface area contributed by atoms with Gasteiger partial charge in [0.25, 0.3) is 5.56 Å². The van der Waals surface area contributed by atoms with E-state index in [4.69, 9.17) is 4.74 Å². The Labute approximate surface area is 204 Å². The Hall–Kier alpha value is -4.32. The first-order valence-corrected chi connectivity index (χ1v) is 11.4. The number of nitrogens with zero attached hydrogens (tertiary/aromatic N) is 3. The molecule has 4 rings (SSSR count). The third-order valence-electron chi connectivity index (χ3n) is 6.28. The summed E-state index contributed by atoms with van der Waals surface area (Å²) in [6.45, 7) is 11.4. The lowest BCUT2D eigenvalue weighted by atomic mass is 10.0. The van der Waals surface area contributed by atoms with Gasteiger partial charge in [0, 0.05) is 14.1 Å². The second kappa shape index (κ2) is 9.50. The van der Waals surface area contributed by atoms with E-state index in [9.17, 15) is 9.59 Å². The molecule has 35 heavy (non-hydrogen) atoms. The van der Waals surface area contributed by atoms with E-state index >= 15 is 0 Å². The average Bonchev–Trinajstić information content (AvgIpc) is 3.23. The minimum absolute atomic E-state index is 0.353. The fourth-order valence-corrected chi connectivity index (χ4v) is 4.59. The van der Waals surface area contributed by atoms with Crippen LogP contribution in [0.1, 0.15) is 36.9 Å². The highest BCUT2D eigenvalue weighted by atomic mass is 16.5. The Morgan fingerprint density at radius 2 is 1.71 bits per heavy atom. The molecule has 0 spiro atoms. The van der Waals surface area contributed by atoms with Crippen LogP contribution < -0.4 is 11.2 Å². The van der Waals surface area contributed by atoms with Crippen molar-refractivity contribution >= 4 is 22.2 Å². The Morgan fingerprint density at radius 1 is 1.03 bits per heavy atom. The maximum Gasteiger partial charge on any atom is 0.331 e. The third kappa shape index (κ3) is 3.77. The summed E-state index contributed by atoms with van der Waals surface area (Å²) >= 11 is 0. The summed E-state index contributed by atoms with van der Waals surface area (Å²) in [4.78, 5) is 26.7. The molecule has 0 N–H and O–H groups in total. The van der Waals surface area contributed by atoms with E-state index < -0.39 is 11.8 Å². The Balaban J connectivity index is 2.30. The maximum absolute atomic E-state index is 13.6. The summed E-state index contributed by atoms with van der Waals surface area (Å²) in [7, 11) is 3.20. The largest absolute Gasteiger partial charge is 0.478 e. The molecule has 1 aliphatic heterocycles. The molecule has 1 aromatic carbocycles.